The molecule has 1 saturated heterocycles. The first-order valence-corrected chi connectivity index (χ1v) is 11.0. The van der Waals surface area contributed by atoms with E-state index in [9.17, 15) is 0 Å². The van der Waals surface area contributed by atoms with Gasteiger partial charge in [0.15, 0.2) is 5.96 Å². The van der Waals surface area contributed by atoms with Crippen molar-refractivity contribution in [2.45, 2.75) is 20.0 Å². The lowest BCUT2D eigenvalue weighted by Crippen LogP contribution is -2.36. The van der Waals surface area contributed by atoms with Gasteiger partial charge in [-0.05, 0) is 30.7 Å². The minimum Gasteiger partial charge on any atom is -0.494 e. The number of thioether (sulfide) groups is 1. The average Bonchev–Trinajstić information content (AvgIpc) is 2.76. The zero-order chi connectivity index (χ0) is 19.6. The van der Waals surface area contributed by atoms with Crippen LogP contribution < -0.4 is 20.3 Å². The zero-order valence-electron chi connectivity index (χ0n) is 17.2. The normalized spacial score (nSPS) is 14.1. The molecule has 0 aliphatic carbocycles. The van der Waals surface area contributed by atoms with E-state index in [-0.39, 0.29) is 24.0 Å². The van der Waals surface area contributed by atoms with Crippen molar-refractivity contribution in [2.24, 2.45) is 4.99 Å². The molecule has 1 aliphatic rings. The highest BCUT2D eigenvalue weighted by Crippen LogP contribution is 2.20. The first kappa shape index (κ1) is 23.7. The Hall–Kier alpha value is -1.61. The van der Waals surface area contributed by atoms with E-state index in [4.69, 9.17) is 4.74 Å². The van der Waals surface area contributed by atoms with E-state index < -0.39 is 0 Å². The molecule has 2 N–H and O–H groups in total. The number of anilines is 1. The Morgan fingerprint density at radius 2 is 1.72 bits per heavy atom. The molecular formula is C22H31IN4OS. The van der Waals surface area contributed by atoms with Crippen LogP contribution >= 0.6 is 35.7 Å². The predicted molar refractivity (Wildman–Crippen MR) is 136 cm³/mol. The summed E-state index contributed by atoms with van der Waals surface area (Å²) in [6, 6.07) is 16.9. The summed E-state index contributed by atoms with van der Waals surface area (Å²) in [5.74, 6) is 4.14. The van der Waals surface area contributed by atoms with Crippen molar-refractivity contribution in [1.82, 2.24) is 10.6 Å². The lowest BCUT2D eigenvalue weighted by Gasteiger charge is -2.28. The van der Waals surface area contributed by atoms with E-state index in [1.165, 1.54) is 22.8 Å². The van der Waals surface area contributed by atoms with Crippen molar-refractivity contribution in [3.05, 3.63) is 59.7 Å². The molecule has 1 heterocycles. The van der Waals surface area contributed by atoms with Crippen LogP contribution in [0.3, 0.4) is 0 Å². The molecule has 0 spiro atoms. The SMILES string of the molecule is CCOc1ccccc1CNC(=NC)NCc1ccc(N2CCSCC2)cc1.I. The standard InChI is InChI=1S/C22H30N4OS.HI/c1-3-27-21-7-5-4-6-19(21)17-25-22(23-2)24-16-18-8-10-20(11-9-18)26-12-14-28-15-13-26;/h4-11H,3,12-17H2,1-2H3,(H2,23,24,25);1H. The van der Waals surface area contributed by atoms with Crippen LogP contribution in [-0.4, -0.2) is 44.2 Å². The Balaban J connectivity index is 0.00000300. The molecule has 0 saturated carbocycles. The summed E-state index contributed by atoms with van der Waals surface area (Å²) in [4.78, 5) is 6.79. The van der Waals surface area contributed by atoms with Gasteiger partial charge in [0, 0.05) is 56.0 Å². The van der Waals surface area contributed by atoms with Crippen LogP contribution in [0.1, 0.15) is 18.1 Å². The maximum atomic E-state index is 5.69. The number of halogens is 1. The molecule has 0 atom stereocenters. The highest BCUT2D eigenvalue weighted by molar-refractivity contribution is 14.0. The number of hydrogen-bond acceptors (Lipinski definition) is 4. The summed E-state index contributed by atoms with van der Waals surface area (Å²) >= 11 is 2.04. The Bertz CT molecular complexity index is 764. The first-order chi connectivity index (χ1) is 13.8. The lowest BCUT2D eigenvalue weighted by atomic mass is 10.2. The van der Waals surface area contributed by atoms with Gasteiger partial charge >= 0.3 is 0 Å². The van der Waals surface area contributed by atoms with Gasteiger partial charge in [0.25, 0.3) is 0 Å². The Morgan fingerprint density at radius 1 is 1.03 bits per heavy atom. The van der Waals surface area contributed by atoms with Crippen LogP contribution in [0.4, 0.5) is 5.69 Å². The van der Waals surface area contributed by atoms with Gasteiger partial charge in [-0.3, -0.25) is 4.99 Å². The number of hydrogen-bond donors (Lipinski definition) is 2. The van der Waals surface area contributed by atoms with Gasteiger partial charge in [0.05, 0.1) is 6.61 Å². The van der Waals surface area contributed by atoms with Gasteiger partial charge in [-0.15, -0.1) is 24.0 Å². The van der Waals surface area contributed by atoms with Crippen molar-refractivity contribution in [3.63, 3.8) is 0 Å². The third-order valence-corrected chi connectivity index (χ3v) is 5.66. The molecule has 0 unspecified atom stereocenters. The third-order valence-electron chi connectivity index (χ3n) is 4.71. The van der Waals surface area contributed by atoms with Gasteiger partial charge in [-0.2, -0.15) is 11.8 Å². The van der Waals surface area contributed by atoms with E-state index in [2.05, 4.69) is 50.9 Å². The van der Waals surface area contributed by atoms with Crippen LogP contribution in [0, 0.1) is 0 Å². The van der Waals surface area contributed by atoms with Gasteiger partial charge in [-0.25, -0.2) is 0 Å². The number of ether oxygens (including phenoxy) is 1. The van der Waals surface area contributed by atoms with Gasteiger partial charge in [0.1, 0.15) is 5.75 Å². The smallest absolute Gasteiger partial charge is 0.191 e. The van der Waals surface area contributed by atoms with E-state index in [0.29, 0.717) is 13.2 Å². The molecule has 158 valence electrons. The van der Waals surface area contributed by atoms with Crippen LogP contribution in [-0.2, 0) is 13.1 Å². The number of nitrogens with one attached hydrogen (secondary N) is 2. The minimum atomic E-state index is 0. The van der Waals surface area contributed by atoms with E-state index in [1.807, 2.05) is 36.9 Å². The molecule has 29 heavy (non-hydrogen) atoms. The summed E-state index contributed by atoms with van der Waals surface area (Å²) in [6.07, 6.45) is 0. The molecule has 7 heteroatoms. The number of rotatable bonds is 7. The third kappa shape index (κ3) is 7.29. The topological polar surface area (TPSA) is 48.9 Å². The number of benzene rings is 2. The molecule has 0 radical (unpaired) electrons. The Labute approximate surface area is 195 Å². The van der Waals surface area contributed by atoms with Crippen molar-refractivity contribution >= 4 is 47.4 Å². The molecule has 1 fully saturated rings. The summed E-state index contributed by atoms with van der Waals surface area (Å²) < 4.78 is 5.69. The van der Waals surface area contributed by atoms with E-state index in [1.54, 1.807) is 7.05 Å². The van der Waals surface area contributed by atoms with E-state index in [0.717, 1.165) is 36.9 Å². The molecule has 5 nitrogen and oxygen atoms in total. The monoisotopic (exact) mass is 526 g/mol. The van der Waals surface area contributed by atoms with Gasteiger partial charge < -0.3 is 20.3 Å². The Morgan fingerprint density at radius 3 is 2.41 bits per heavy atom. The number of aliphatic imine (C=N–C) groups is 1. The molecule has 2 aromatic rings. The van der Waals surface area contributed by atoms with Crippen LogP contribution in [0.5, 0.6) is 5.75 Å². The lowest BCUT2D eigenvalue weighted by molar-refractivity contribution is 0.336. The number of guanidine groups is 1. The predicted octanol–water partition coefficient (Wildman–Crippen LogP) is 4.12. The van der Waals surface area contributed by atoms with Crippen molar-refractivity contribution in [3.8, 4) is 5.75 Å². The zero-order valence-corrected chi connectivity index (χ0v) is 20.3. The highest BCUT2D eigenvalue weighted by Gasteiger charge is 2.11. The fourth-order valence-electron chi connectivity index (χ4n) is 3.18. The maximum Gasteiger partial charge on any atom is 0.191 e. The average molecular weight is 526 g/mol. The molecular weight excluding hydrogens is 495 g/mol. The summed E-state index contributed by atoms with van der Waals surface area (Å²) in [7, 11) is 1.79. The largest absolute Gasteiger partial charge is 0.494 e. The Kier molecular flexibility index (Phi) is 10.5. The molecule has 2 aromatic carbocycles. The van der Waals surface area contributed by atoms with Gasteiger partial charge in [0.2, 0.25) is 0 Å². The molecule has 0 aromatic heterocycles. The summed E-state index contributed by atoms with van der Waals surface area (Å²) in [5.41, 5.74) is 3.68. The maximum absolute atomic E-state index is 5.69. The van der Waals surface area contributed by atoms with E-state index >= 15 is 0 Å². The number of para-hydroxylation sites is 1. The van der Waals surface area contributed by atoms with Crippen molar-refractivity contribution in [1.29, 1.82) is 0 Å². The molecule has 0 bridgehead atoms. The van der Waals surface area contributed by atoms with Crippen molar-refractivity contribution < 1.29 is 4.74 Å². The number of nitrogens with zero attached hydrogens (tertiary/aromatic N) is 2. The highest BCUT2D eigenvalue weighted by atomic mass is 127. The fraction of sp³-hybridized carbons (Fsp3) is 0.409. The second-order valence-electron chi connectivity index (χ2n) is 6.59. The summed E-state index contributed by atoms with van der Waals surface area (Å²) in [6.45, 7) is 6.35. The summed E-state index contributed by atoms with van der Waals surface area (Å²) in [5, 5.41) is 6.75. The van der Waals surface area contributed by atoms with Gasteiger partial charge in [-0.1, -0.05) is 30.3 Å². The van der Waals surface area contributed by atoms with Crippen molar-refractivity contribution in [2.75, 3.05) is 43.1 Å². The van der Waals surface area contributed by atoms with Crippen LogP contribution in [0.2, 0.25) is 0 Å². The molecule has 1 aliphatic heterocycles. The molecule has 0 amide bonds. The van der Waals surface area contributed by atoms with Crippen LogP contribution in [0.25, 0.3) is 0 Å². The first-order valence-electron chi connectivity index (χ1n) is 9.87. The van der Waals surface area contributed by atoms with Crippen LogP contribution in [0.15, 0.2) is 53.5 Å². The second-order valence-corrected chi connectivity index (χ2v) is 7.81. The fourth-order valence-corrected chi connectivity index (χ4v) is 4.08. The quantitative estimate of drug-likeness (QED) is 0.323. The second kappa shape index (κ2) is 12.8. The minimum absolute atomic E-state index is 0. The molecule has 3 rings (SSSR count).